The fourth-order valence-electron chi connectivity index (χ4n) is 0.464. The minimum Gasteiger partial charge on any atom is -0.309 e. The number of hydrogen-bond donors (Lipinski definition) is 1. The third kappa shape index (κ3) is 8.74. The first-order valence-electron chi connectivity index (χ1n) is 3.43. The Kier molecular flexibility index (Phi) is 8.30. The standard InChI is InChI=1S/C7H15Cl2N.ClH/c1-6(9)4-10-7(2,3)5-8;/h6,10H,4-5H2,1-3H3;1H. The number of halogens is 3. The zero-order chi connectivity index (χ0) is 8.20. The highest BCUT2D eigenvalue weighted by Crippen LogP contribution is 2.04. The number of hydrogen-bond acceptors (Lipinski definition) is 1. The highest BCUT2D eigenvalue weighted by molar-refractivity contribution is 6.20. The Morgan fingerprint density at radius 3 is 2.18 bits per heavy atom. The molecule has 0 fully saturated rings. The average molecular weight is 221 g/mol. The molecule has 0 rings (SSSR count). The molecule has 1 N–H and O–H groups in total. The van der Waals surface area contributed by atoms with E-state index in [0.29, 0.717) is 5.88 Å². The summed E-state index contributed by atoms with van der Waals surface area (Å²) in [5.41, 5.74) is 0.00467. The summed E-state index contributed by atoms with van der Waals surface area (Å²) in [6.45, 7) is 6.87. The smallest absolute Gasteiger partial charge is 0.0432 e. The predicted molar refractivity (Wildman–Crippen MR) is 55.4 cm³/mol. The predicted octanol–water partition coefficient (Wildman–Crippen LogP) is 2.64. The Balaban J connectivity index is 0. The SMILES string of the molecule is CC(Cl)CNC(C)(C)CCl.Cl. The van der Waals surface area contributed by atoms with Gasteiger partial charge in [0.1, 0.15) is 0 Å². The lowest BCUT2D eigenvalue weighted by molar-refractivity contribution is 0.433. The molecule has 0 aliphatic heterocycles. The molecule has 0 bridgehead atoms. The summed E-state index contributed by atoms with van der Waals surface area (Å²) in [5, 5.41) is 3.41. The molecule has 0 aliphatic rings. The highest BCUT2D eigenvalue weighted by atomic mass is 35.5. The molecule has 70 valence electrons. The second-order valence-electron chi connectivity index (χ2n) is 3.18. The van der Waals surface area contributed by atoms with Gasteiger partial charge >= 0.3 is 0 Å². The lowest BCUT2D eigenvalue weighted by Gasteiger charge is -2.23. The van der Waals surface area contributed by atoms with E-state index in [1.54, 1.807) is 0 Å². The van der Waals surface area contributed by atoms with Crippen molar-refractivity contribution in [1.29, 1.82) is 0 Å². The summed E-state index contributed by atoms with van der Waals surface area (Å²) in [6.07, 6.45) is 0. The minimum atomic E-state index is 0. The molecule has 0 aromatic carbocycles. The maximum absolute atomic E-state index is 5.74. The van der Waals surface area contributed by atoms with E-state index in [1.165, 1.54) is 0 Å². The van der Waals surface area contributed by atoms with Crippen molar-refractivity contribution in [3.05, 3.63) is 0 Å². The second-order valence-corrected chi connectivity index (χ2v) is 4.19. The summed E-state index contributed by atoms with van der Waals surface area (Å²) >= 11 is 11.4. The van der Waals surface area contributed by atoms with Crippen molar-refractivity contribution in [2.75, 3.05) is 12.4 Å². The Hall–Kier alpha value is 0.830. The fraction of sp³-hybridized carbons (Fsp3) is 1.00. The molecule has 4 heteroatoms. The maximum Gasteiger partial charge on any atom is 0.0432 e. The molecule has 0 spiro atoms. The number of alkyl halides is 2. The number of nitrogens with one attached hydrogen (secondary N) is 1. The monoisotopic (exact) mass is 219 g/mol. The van der Waals surface area contributed by atoms with E-state index in [2.05, 4.69) is 19.2 Å². The Morgan fingerprint density at radius 2 is 1.91 bits per heavy atom. The maximum atomic E-state index is 5.74. The van der Waals surface area contributed by atoms with Crippen LogP contribution in [0.2, 0.25) is 0 Å². The second kappa shape index (κ2) is 6.36. The molecule has 0 saturated carbocycles. The van der Waals surface area contributed by atoms with E-state index in [1.807, 2.05) is 6.92 Å². The van der Waals surface area contributed by atoms with Gasteiger partial charge in [0.25, 0.3) is 0 Å². The van der Waals surface area contributed by atoms with E-state index in [4.69, 9.17) is 23.2 Å². The van der Waals surface area contributed by atoms with Crippen LogP contribution in [0.25, 0.3) is 0 Å². The summed E-state index contributed by atoms with van der Waals surface area (Å²) in [6, 6.07) is 0. The van der Waals surface area contributed by atoms with Crippen LogP contribution in [0.3, 0.4) is 0 Å². The molecule has 0 aromatic rings. The first kappa shape index (κ1) is 14.4. The van der Waals surface area contributed by atoms with Crippen LogP contribution in [0, 0.1) is 0 Å². The molecule has 0 aliphatic carbocycles. The zero-order valence-electron chi connectivity index (χ0n) is 7.16. The van der Waals surface area contributed by atoms with Gasteiger partial charge in [-0.3, -0.25) is 0 Å². The van der Waals surface area contributed by atoms with Crippen molar-refractivity contribution in [2.45, 2.75) is 31.7 Å². The average Bonchev–Trinajstić information content (AvgIpc) is 1.85. The van der Waals surface area contributed by atoms with Gasteiger partial charge in [0.2, 0.25) is 0 Å². The first-order chi connectivity index (χ1) is 4.48. The summed E-state index contributed by atoms with van der Waals surface area (Å²) < 4.78 is 0. The third-order valence-electron chi connectivity index (χ3n) is 1.20. The molecule has 0 heterocycles. The van der Waals surface area contributed by atoms with Gasteiger partial charge in [0.05, 0.1) is 0 Å². The van der Waals surface area contributed by atoms with Crippen molar-refractivity contribution < 1.29 is 0 Å². The zero-order valence-corrected chi connectivity index (χ0v) is 9.48. The van der Waals surface area contributed by atoms with Crippen LogP contribution < -0.4 is 5.32 Å². The van der Waals surface area contributed by atoms with Gasteiger partial charge in [-0.2, -0.15) is 0 Å². The van der Waals surface area contributed by atoms with Gasteiger partial charge in [-0.15, -0.1) is 35.6 Å². The van der Waals surface area contributed by atoms with Crippen molar-refractivity contribution in [1.82, 2.24) is 5.32 Å². The topological polar surface area (TPSA) is 12.0 Å². The fourth-order valence-corrected chi connectivity index (χ4v) is 0.636. The molecule has 0 saturated heterocycles. The minimum absolute atomic E-state index is 0. The molecular formula is C7H16Cl3N. The van der Waals surface area contributed by atoms with Crippen LogP contribution in [0.15, 0.2) is 0 Å². The normalized spacial score (nSPS) is 13.9. The van der Waals surface area contributed by atoms with E-state index in [0.717, 1.165) is 6.54 Å². The summed E-state index contributed by atoms with van der Waals surface area (Å²) in [4.78, 5) is 0. The van der Waals surface area contributed by atoms with Crippen LogP contribution >= 0.6 is 35.6 Å². The van der Waals surface area contributed by atoms with E-state index >= 15 is 0 Å². The Labute approximate surface area is 85.2 Å². The summed E-state index contributed by atoms with van der Waals surface area (Å²) in [7, 11) is 0. The van der Waals surface area contributed by atoms with Crippen molar-refractivity contribution in [3.63, 3.8) is 0 Å². The van der Waals surface area contributed by atoms with Crippen molar-refractivity contribution in [3.8, 4) is 0 Å². The van der Waals surface area contributed by atoms with Crippen molar-refractivity contribution >= 4 is 35.6 Å². The van der Waals surface area contributed by atoms with Crippen LogP contribution in [0.1, 0.15) is 20.8 Å². The van der Waals surface area contributed by atoms with E-state index in [9.17, 15) is 0 Å². The highest BCUT2D eigenvalue weighted by Gasteiger charge is 2.15. The lowest BCUT2D eigenvalue weighted by Crippen LogP contribution is -2.43. The van der Waals surface area contributed by atoms with E-state index in [-0.39, 0.29) is 23.3 Å². The molecule has 1 atom stereocenters. The Bertz CT molecular complexity index is 93.7. The third-order valence-corrected chi connectivity index (χ3v) is 2.02. The molecule has 0 aromatic heterocycles. The van der Waals surface area contributed by atoms with Gasteiger partial charge in [-0.25, -0.2) is 0 Å². The quantitative estimate of drug-likeness (QED) is 0.719. The molecule has 0 amide bonds. The Morgan fingerprint density at radius 1 is 1.45 bits per heavy atom. The molecule has 0 radical (unpaired) electrons. The van der Waals surface area contributed by atoms with Gasteiger partial charge in [-0.1, -0.05) is 0 Å². The lowest BCUT2D eigenvalue weighted by atomic mass is 10.1. The summed E-state index contributed by atoms with van der Waals surface area (Å²) in [5.74, 6) is 0.608. The van der Waals surface area contributed by atoms with Gasteiger partial charge in [0, 0.05) is 23.3 Å². The van der Waals surface area contributed by atoms with Gasteiger partial charge < -0.3 is 5.32 Å². The van der Waals surface area contributed by atoms with Crippen LogP contribution in [0.5, 0.6) is 0 Å². The first-order valence-corrected chi connectivity index (χ1v) is 4.40. The molecule has 1 unspecified atom stereocenters. The van der Waals surface area contributed by atoms with E-state index < -0.39 is 0 Å². The molecule has 11 heavy (non-hydrogen) atoms. The van der Waals surface area contributed by atoms with Crippen LogP contribution in [-0.2, 0) is 0 Å². The molecule has 1 nitrogen and oxygen atoms in total. The van der Waals surface area contributed by atoms with Gasteiger partial charge in [0.15, 0.2) is 0 Å². The largest absolute Gasteiger partial charge is 0.309 e. The van der Waals surface area contributed by atoms with Crippen molar-refractivity contribution in [2.24, 2.45) is 0 Å². The number of rotatable bonds is 4. The van der Waals surface area contributed by atoms with Crippen LogP contribution in [0.4, 0.5) is 0 Å². The van der Waals surface area contributed by atoms with Crippen LogP contribution in [-0.4, -0.2) is 23.3 Å². The van der Waals surface area contributed by atoms with Gasteiger partial charge in [-0.05, 0) is 20.8 Å². The molecular weight excluding hydrogens is 204 g/mol.